The molecule has 0 aliphatic heterocycles. The van der Waals surface area contributed by atoms with Crippen LogP contribution in [0.3, 0.4) is 0 Å². The molecule has 6 heteroatoms. The highest BCUT2D eigenvalue weighted by Gasteiger charge is 2.19. The lowest BCUT2D eigenvalue weighted by Crippen LogP contribution is -2.20. The summed E-state index contributed by atoms with van der Waals surface area (Å²) in [7, 11) is 0. The predicted octanol–water partition coefficient (Wildman–Crippen LogP) is 4.05. The summed E-state index contributed by atoms with van der Waals surface area (Å²) in [5.74, 6) is 0.312. The number of rotatable bonds is 5. The number of hydrogen-bond acceptors (Lipinski definition) is 3. The first-order valence-electron chi connectivity index (χ1n) is 6.36. The van der Waals surface area contributed by atoms with E-state index in [-0.39, 0.29) is 17.9 Å². The normalized spacial score (nSPS) is 12.9. The molecule has 2 rings (SSSR count). The fourth-order valence-electron chi connectivity index (χ4n) is 1.93. The predicted molar refractivity (Wildman–Crippen MR) is 81.7 cm³/mol. The summed E-state index contributed by atoms with van der Waals surface area (Å²) >= 11 is 7.53. The third-order valence-corrected chi connectivity index (χ3v) is 4.34. The molecule has 0 saturated carbocycles. The minimum atomic E-state index is -0.294. The van der Waals surface area contributed by atoms with Crippen molar-refractivity contribution in [2.45, 2.75) is 30.8 Å². The summed E-state index contributed by atoms with van der Waals surface area (Å²) in [6.07, 6.45) is 1.60. The zero-order chi connectivity index (χ0) is 14.7. The average Bonchev–Trinajstić information content (AvgIpc) is 2.79. The summed E-state index contributed by atoms with van der Waals surface area (Å²) in [4.78, 5) is 0.592. The van der Waals surface area contributed by atoms with E-state index in [1.807, 2.05) is 24.6 Å². The first-order chi connectivity index (χ1) is 9.50. The molecule has 108 valence electrons. The van der Waals surface area contributed by atoms with Crippen LogP contribution in [0.5, 0.6) is 0 Å². The summed E-state index contributed by atoms with van der Waals surface area (Å²) in [5, 5.41) is 4.79. The highest BCUT2D eigenvalue weighted by Crippen LogP contribution is 2.29. The first kappa shape index (κ1) is 15.4. The average molecular weight is 314 g/mol. The van der Waals surface area contributed by atoms with Crippen molar-refractivity contribution in [2.24, 2.45) is 5.73 Å². The summed E-state index contributed by atoms with van der Waals surface area (Å²) in [5.41, 5.74) is 6.99. The van der Waals surface area contributed by atoms with Gasteiger partial charge in [-0.3, -0.25) is 4.68 Å². The van der Waals surface area contributed by atoms with Crippen molar-refractivity contribution in [1.82, 2.24) is 9.78 Å². The number of nitrogens with two attached hydrogens (primary N) is 1. The lowest BCUT2D eigenvalue weighted by atomic mass is 10.2. The van der Waals surface area contributed by atoms with Gasteiger partial charge >= 0.3 is 0 Å². The summed E-state index contributed by atoms with van der Waals surface area (Å²) in [6, 6.07) is 6.55. The van der Waals surface area contributed by atoms with Gasteiger partial charge in [-0.05, 0) is 26.0 Å². The van der Waals surface area contributed by atoms with E-state index < -0.39 is 0 Å². The molecule has 1 heterocycles. The second-order valence-electron chi connectivity index (χ2n) is 4.76. The zero-order valence-electron chi connectivity index (χ0n) is 11.4. The van der Waals surface area contributed by atoms with Crippen molar-refractivity contribution in [1.29, 1.82) is 0 Å². The number of nitrogens with zero attached hydrogens (tertiary/aromatic N) is 2. The Hall–Kier alpha value is -1.04. The molecule has 1 aromatic heterocycles. The third kappa shape index (κ3) is 3.34. The van der Waals surface area contributed by atoms with Gasteiger partial charge < -0.3 is 5.73 Å². The lowest BCUT2D eigenvalue weighted by molar-refractivity contribution is 0.495. The summed E-state index contributed by atoms with van der Waals surface area (Å²) < 4.78 is 15.4. The molecule has 0 aliphatic rings. The molecule has 2 N–H and O–H groups in total. The Bertz CT molecular complexity index is 586. The molecule has 1 aromatic carbocycles. The maximum absolute atomic E-state index is 13.6. The zero-order valence-corrected chi connectivity index (χ0v) is 13.0. The van der Waals surface area contributed by atoms with Crippen LogP contribution in [0.1, 0.15) is 31.6 Å². The van der Waals surface area contributed by atoms with E-state index in [4.69, 9.17) is 17.3 Å². The van der Waals surface area contributed by atoms with Crippen molar-refractivity contribution >= 4 is 23.4 Å². The topological polar surface area (TPSA) is 43.8 Å². The van der Waals surface area contributed by atoms with Crippen LogP contribution in [0.4, 0.5) is 4.39 Å². The van der Waals surface area contributed by atoms with Crippen molar-refractivity contribution in [3.8, 4) is 0 Å². The van der Waals surface area contributed by atoms with Crippen molar-refractivity contribution in [2.75, 3.05) is 5.75 Å². The van der Waals surface area contributed by atoms with Crippen LogP contribution < -0.4 is 5.73 Å². The van der Waals surface area contributed by atoms with Gasteiger partial charge in [-0.2, -0.15) is 5.10 Å². The van der Waals surface area contributed by atoms with Gasteiger partial charge in [0.2, 0.25) is 0 Å². The SMILES string of the molecule is CC(C)n1ncc(Cl)c1C(N)CSc1ccccc1F. The first-order valence-corrected chi connectivity index (χ1v) is 7.73. The molecule has 0 bridgehead atoms. The quantitative estimate of drug-likeness (QED) is 0.847. The largest absolute Gasteiger partial charge is 0.322 e. The Labute approximate surface area is 127 Å². The summed E-state index contributed by atoms with van der Waals surface area (Å²) in [6.45, 7) is 4.03. The molecule has 0 fully saturated rings. The van der Waals surface area contributed by atoms with Crippen LogP contribution in [0, 0.1) is 5.82 Å². The Morgan fingerprint density at radius 3 is 2.75 bits per heavy atom. The fraction of sp³-hybridized carbons (Fsp3) is 0.357. The van der Waals surface area contributed by atoms with E-state index >= 15 is 0 Å². The van der Waals surface area contributed by atoms with Gasteiger partial charge in [0.1, 0.15) is 5.82 Å². The van der Waals surface area contributed by atoms with Gasteiger partial charge in [0.05, 0.1) is 23.0 Å². The van der Waals surface area contributed by atoms with Gasteiger partial charge in [0, 0.05) is 16.7 Å². The molecule has 0 spiro atoms. The number of thioether (sulfide) groups is 1. The van der Waals surface area contributed by atoms with Crippen molar-refractivity contribution < 1.29 is 4.39 Å². The number of hydrogen-bond donors (Lipinski definition) is 1. The number of halogens is 2. The Morgan fingerprint density at radius 1 is 1.40 bits per heavy atom. The van der Waals surface area contributed by atoms with Gasteiger partial charge in [0.25, 0.3) is 0 Å². The van der Waals surface area contributed by atoms with E-state index in [1.165, 1.54) is 17.8 Å². The maximum atomic E-state index is 13.6. The molecular weight excluding hydrogens is 297 g/mol. The molecule has 1 atom stereocenters. The van der Waals surface area contributed by atoms with Crippen LogP contribution in [0.2, 0.25) is 5.02 Å². The molecule has 20 heavy (non-hydrogen) atoms. The standard InChI is InChI=1S/C14H17ClFN3S/c1-9(2)19-14(10(15)7-18-19)12(17)8-20-13-6-4-3-5-11(13)16/h3-7,9,12H,8,17H2,1-2H3. The smallest absolute Gasteiger partial charge is 0.136 e. The van der Waals surface area contributed by atoms with Gasteiger partial charge in [-0.1, -0.05) is 23.7 Å². The highest BCUT2D eigenvalue weighted by atomic mass is 35.5. The minimum absolute atomic E-state index is 0.182. The van der Waals surface area contributed by atoms with E-state index in [0.717, 1.165) is 5.69 Å². The maximum Gasteiger partial charge on any atom is 0.136 e. The second-order valence-corrected chi connectivity index (χ2v) is 6.23. The van der Waals surface area contributed by atoms with Crippen LogP contribution in [-0.2, 0) is 0 Å². The van der Waals surface area contributed by atoms with Gasteiger partial charge in [-0.25, -0.2) is 4.39 Å². The molecule has 0 saturated heterocycles. The van der Waals surface area contributed by atoms with Crippen molar-refractivity contribution in [3.05, 3.63) is 47.0 Å². The van der Waals surface area contributed by atoms with Crippen LogP contribution in [0.25, 0.3) is 0 Å². The molecule has 1 unspecified atom stereocenters. The lowest BCUT2D eigenvalue weighted by Gasteiger charge is -2.17. The molecule has 2 aromatic rings. The Morgan fingerprint density at radius 2 is 2.10 bits per heavy atom. The van der Waals surface area contributed by atoms with Crippen LogP contribution >= 0.6 is 23.4 Å². The Balaban J connectivity index is 2.11. The van der Waals surface area contributed by atoms with E-state index in [9.17, 15) is 4.39 Å². The van der Waals surface area contributed by atoms with Gasteiger partial charge in [0.15, 0.2) is 0 Å². The number of aromatic nitrogens is 2. The highest BCUT2D eigenvalue weighted by molar-refractivity contribution is 7.99. The van der Waals surface area contributed by atoms with Crippen molar-refractivity contribution in [3.63, 3.8) is 0 Å². The minimum Gasteiger partial charge on any atom is -0.322 e. The van der Waals surface area contributed by atoms with E-state index in [2.05, 4.69) is 5.10 Å². The molecule has 0 aliphatic carbocycles. The molecule has 0 amide bonds. The van der Waals surface area contributed by atoms with Gasteiger partial charge in [-0.15, -0.1) is 11.8 Å². The fourth-order valence-corrected chi connectivity index (χ4v) is 3.10. The molecule has 3 nitrogen and oxygen atoms in total. The van der Waals surface area contributed by atoms with E-state index in [1.54, 1.807) is 18.3 Å². The molecular formula is C14H17ClFN3S. The Kier molecular flexibility index (Phi) is 5.07. The molecule has 0 radical (unpaired) electrons. The second kappa shape index (κ2) is 6.61. The van der Waals surface area contributed by atoms with Crippen LogP contribution in [0.15, 0.2) is 35.4 Å². The third-order valence-electron chi connectivity index (χ3n) is 2.88. The van der Waals surface area contributed by atoms with Crippen LogP contribution in [-0.4, -0.2) is 15.5 Å². The monoisotopic (exact) mass is 313 g/mol. The number of benzene rings is 1. The van der Waals surface area contributed by atoms with E-state index in [0.29, 0.717) is 15.7 Å².